The van der Waals surface area contributed by atoms with Gasteiger partial charge in [0.25, 0.3) is 0 Å². The first-order valence-electron chi connectivity index (χ1n) is 14.8. The zero-order valence-corrected chi connectivity index (χ0v) is 24.2. The third-order valence-corrected chi connectivity index (χ3v) is 6.72. The maximum atomic E-state index is 10.7. The van der Waals surface area contributed by atoms with Crippen LogP contribution in [-0.2, 0) is 4.74 Å². The fourth-order valence-electron chi connectivity index (χ4n) is 4.23. The largest absolute Gasteiger partial charge is 0.494 e. The molecule has 4 heteroatoms. The van der Waals surface area contributed by atoms with Gasteiger partial charge in [-0.2, -0.15) is 0 Å². The van der Waals surface area contributed by atoms with E-state index in [1.165, 1.54) is 62.5 Å². The lowest BCUT2D eigenvalue weighted by Crippen LogP contribution is -2.03. The minimum atomic E-state index is -0.894. The summed E-state index contributed by atoms with van der Waals surface area (Å²) in [6.07, 6.45) is 12.6. The molecule has 0 aliphatic rings. The van der Waals surface area contributed by atoms with Gasteiger partial charge in [-0.15, -0.1) is 0 Å². The summed E-state index contributed by atoms with van der Waals surface area (Å²) >= 11 is 0. The Morgan fingerprint density at radius 3 is 1.82 bits per heavy atom. The standard InChI is InChI=1S/C20H26O.C15H22O3/c1-2-3-4-5-6-10-17-21-20-15-13-19(14-16-20)18-11-8-7-9-12-18;1-3-4-5-6-11-18-12(2)13-7-9-14(10-8-13)15(16)17/h7-9,11-16H,2-6,10,17H2,1H3;7-10,12H,3-6,11H2,1-2H3,(H,16,17). The zero-order chi connectivity index (χ0) is 28.1. The molecule has 0 amide bonds. The Balaban J connectivity index is 0.000000277. The lowest BCUT2D eigenvalue weighted by molar-refractivity contribution is 0.0625. The summed E-state index contributed by atoms with van der Waals surface area (Å²) in [4.78, 5) is 10.7. The SMILES string of the molecule is CCCCCCCCOc1ccc(-c2ccccc2)cc1.CCCCCCOC(C)c1ccc(C(=O)O)cc1. The van der Waals surface area contributed by atoms with E-state index in [0.29, 0.717) is 5.56 Å². The quantitative estimate of drug-likeness (QED) is 0.176. The molecule has 0 saturated carbocycles. The molecule has 0 saturated heterocycles. The average Bonchev–Trinajstić information content (AvgIpc) is 2.97. The van der Waals surface area contributed by atoms with Crippen LogP contribution in [0.4, 0.5) is 0 Å². The van der Waals surface area contributed by atoms with Crippen LogP contribution in [0.2, 0.25) is 0 Å². The summed E-state index contributed by atoms with van der Waals surface area (Å²) in [5, 5.41) is 8.81. The molecule has 1 N–H and O–H groups in total. The van der Waals surface area contributed by atoms with Crippen molar-refractivity contribution in [1.82, 2.24) is 0 Å². The van der Waals surface area contributed by atoms with Gasteiger partial charge in [-0.05, 0) is 60.7 Å². The van der Waals surface area contributed by atoms with E-state index in [4.69, 9.17) is 14.6 Å². The van der Waals surface area contributed by atoms with Crippen molar-refractivity contribution >= 4 is 5.97 Å². The van der Waals surface area contributed by atoms with Crippen LogP contribution in [0.3, 0.4) is 0 Å². The first-order valence-corrected chi connectivity index (χ1v) is 14.8. The molecule has 0 aliphatic heterocycles. The van der Waals surface area contributed by atoms with Gasteiger partial charge in [0.2, 0.25) is 0 Å². The van der Waals surface area contributed by atoms with Crippen LogP contribution in [0.15, 0.2) is 78.9 Å². The van der Waals surface area contributed by atoms with E-state index in [9.17, 15) is 4.79 Å². The summed E-state index contributed by atoms with van der Waals surface area (Å²) in [6.45, 7) is 8.03. The topological polar surface area (TPSA) is 55.8 Å². The van der Waals surface area contributed by atoms with Crippen molar-refractivity contribution in [2.45, 2.75) is 91.1 Å². The molecule has 0 spiro atoms. The first kappa shape index (κ1) is 32.1. The van der Waals surface area contributed by atoms with Gasteiger partial charge < -0.3 is 14.6 Å². The Bertz CT molecular complexity index is 1010. The van der Waals surface area contributed by atoms with E-state index in [2.05, 4.69) is 62.4 Å². The second-order valence-corrected chi connectivity index (χ2v) is 10.0. The molecule has 3 aromatic carbocycles. The molecule has 0 radical (unpaired) electrons. The minimum absolute atomic E-state index is 0.0227. The Labute approximate surface area is 236 Å². The third kappa shape index (κ3) is 13.5. The highest BCUT2D eigenvalue weighted by Crippen LogP contribution is 2.22. The predicted octanol–water partition coefficient (Wildman–Crippen LogP) is 10.1. The number of carboxylic acid groups (broad SMARTS) is 1. The summed E-state index contributed by atoms with van der Waals surface area (Å²) in [6, 6.07) is 25.7. The molecule has 0 aromatic heterocycles. The van der Waals surface area contributed by atoms with Crippen molar-refractivity contribution < 1.29 is 19.4 Å². The third-order valence-electron chi connectivity index (χ3n) is 6.72. The maximum absolute atomic E-state index is 10.7. The number of ether oxygens (including phenoxy) is 2. The predicted molar refractivity (Wildman–Crippen MR) is 163 cm³/mol. The van der Waals surface area contributed by atoms with Crippen LogP contribution in [0.5, 0.6) is 5.75 Å². The van der Waals surface area contributed by atoms with Crippen LogP contribution in [0.1, 0.15) is 107 Å². The Morgan fingerprint density at radius 2 is 1.21 bits per heavy atom. The molecular formula is C35H48O4. The number of carboxylic acids is 1. The summed E-state index contributed by atoms with van der Waals surface area (Å²) in [5.74, 6) is 0.0814. The highest BCUT2D eigenvalue weighted by atomic mass is 16.5. The Hall–Kier alpha value is -3.11. The van der Waals surface area contributed by atoms with Crippen molar-refractivity contribution in [2.24, 2.45) is 0 Å². The van der Waals surface area contributed by atoms with Gasteiger partial charge in [0.05, 0.1) is 18.3 Å². The minimum Gasteiger partial charge on any atom is -0.494 e. The molecule has 1 atom stereocenters. The van der Waals surface area contributed by atoms with Crippen LogP contribution in [-0.4, -0.2) is 24.3 Å². The number of hydrogen-bond acceptors (Lipinski definition) is 3. The van der Waals surface area contributed by atoms with Crippen LogP contribution >= 0.6 is 0 Å². The first-order chi connectivity index (χ1) is 19.0. The normalized spacial score (nSPS) is 11.4. The van der Waals surface area contributed by atoms with Crippen molar-refractivity contribution in [3.8, 4) is 16.9 Å². The van der Waals surface area contributed by atoms with Gasteiger partial charge in [-0.3, -0.25) is 0 Å². The Morgan fingerprint density at radius 1 is 0.667 bits per heavy atom. The van der Waals surface area contributed by atoms with E-state index >= 15 is 0 Å². The molecule has 0 aliphatic carbocycles. The van der Waals surface area contributed by atoms with Gasteiger partial charge in [0, 0.05) is 6.61 Å². The molecular weight excluding hydrogens is 484 g/mol. The highest BCUT2D eigenvalue weighted by Gasteiger charge is 2.07. The van der Waals surface area contributed by atoms with Gasteiger partial charge in [0.1, 0.15) is 5.75 Å². The second kappa shape index (κ2) is 19.9. The summed E-state index contributed by atoms with van der Waals surface area (Å²) < 4.78 is 11.5. The van der Waals surface area contributed by atoms with Crippen molar-refractivity contribution in [2.75, 3.05) is 13.2 Å². The van der Waals surface area contributed by atoms with Gasteiger partial charge in [-0.25, -0.2) is 4.79 Å². The van der Waals surface area contributed by atoms with E-state index in [0.717, 1.165) is 37.4 Å². The molecule has 3 aromatic rings. The average molecular weight is 533 g/mol. The fourth-order valence-corrected chi connectivity index (χ4v) is 4.23. The molecule has 1 unspecified atom stereocenters. The lowest BCUT2D eigenvalue weighted by atomic mass is 10.1. The molecule has 4 nitrogen and oxygen atoms in total. The number of rotatable bonds is 17. The van der Waals surface area contributed by atoms with E-state index in [1.54, 1.807) is 12.1 Å². The number of carbonyl (C=O) groups is 1. The number of benzene rings is 3. The monoisotopic (exact) mass is 532 g/mol. The number of aromatic carboxylic acids is 1. The maximum Gasteiger partial charge on any atom is 0.335 e. The van der Waals surface area contributed by atoms with Crippen LogP contribution < -0.4 is 4.74 Å². The van der Waals surface area contributed by atoms with Crippen molar-refractivity contribution in [3.63, 3.8) is 0 Å². The van der Waals surface area contributed by atoms with Gasteiger partial charge >= 0.3 is 5.97 Å². The second-order valence-electron chi connectivity index (χ2n) is 10.0. The van der Waals surface area contributed by atoms with Crippen LogP contribution in [0.25, 0.3) is 11.1 Å². The van der Waals surface area contributed by atoms with Gasteiger partial charge in [-0.1, -0.05) is 120 Å². The fraction of sp³-hybridized carbons (Fsp3) is 0.457. The Kier molecular flexibility index (Phi) is 16.4. The molecule has 3 rings (SSSR count). The highest BCUT2D eigenvalue weighted by molar-refractivity contribution is 5.87. The number of hydrogen-bond donors (Lipinski definition) is 1. The smallest absolute Gasteiger partial charge is 0.335 e. The molecule has 0 heterocycles. The lowest BCUT2D eigenvalue weighted by Gasteiger charge is -2.13. The molecule has 0 fully saturated rings. The van der Waals surface area contributed by atoms with E-state index in [-0.39, 0.29) is 6.10 Å². The molecule has 212 valence electrons. The van der Waals surface area contributed by atoms with Gasteiger partial charge in [0.15, 0.2) is 0 Å². The van der Waals surface area contributed by atoms with Crippen molar-refractivity contribution in [3.05, 3.63) is 90.0 Å². The molecule has 0 bridgehead atoms. The van der Waals surface area contributed by atoms with Crippen molar-refractivity contribution in [1.29, 1.82) is 0 Å². The van der Waals surface area contributed by atoms with E-state index in [1.807, 2.05) is 25.1 Å². The number of unbranched alkanes of at least 4 members (excludes halogenated alkanes) is 8. The van der Waals surface area contributed by atoms with E-state index < -0.39 is 5.97 Å². The summed E-state index contributed by atoms with van der Waals surface area (Å²) in [5.41, 5.74) is 3.83. The van der Waals surface area contributed by atoms with Crippen LogP contribution in [0, 0.1) is 0 Å². The molecule has 39 heavy (non-hydrogen) atoms. The zero-order valence-electron chi connectivity index (χ0n) is 24.2. The summed E-state index contributed by atoms with van der Waals surface area (Å²) in [7, 11) is 0.